The smallest absolute Gasteiger partial charge is 0.272 e. The maximum absolute atomic E-state index is 12.6. The molecule has 1 aromatic heterocycles. The number of amides is 1. The van der Waals surface area contributed by atoms with E-state index in [4.69, 9.17) is 0 Å². The van der Waals surface area contributed by atoms with Gasteiger partial charge in [-0.1, -0.05) is 26.0 Å². The summed E-state index contributed by atoms with van der Waals surface area (Å²) in [4.78, 5) is 29.2. The van der Waals surface area contributed by atoms with Crippen LogP contribution in [0.5, 0.6) is 0 Å². The van der Waals surface area contributed by atoms with E-state index in [-0.39, 0.29) is 11.5 Å². The predicted octanol–water partition coefficient (Wildman–Crippen LogP) is 4.49. The Kier molecular flexibility index (Phi) is 5.40. The minimum atomic E-state index is -0.193. The number of rotatable bonds is 5. The first kappa shape index (κ1) is 18.8. The second kappa shape index (κ2) is 7.74. The zero-order chi connectivity index (χ0) is 19.6. The minimum absolute atomic E-state index is 0.0939. The monoisotopic (exact) mass is 363 g/mol. The molecule has 27 heavy (non-hydrogen) atoms. The number of aromatic nitrogens is 2. The third-order valence-corrected chi connectivity index (χ3v) is 5.04. The quantitative estimate of drug-likeness (QED) is 0.726. The van der Waals surface area contributed by atoms with E-state index in [0.29, 0.717) is 29.2 Å². The summed E-state index contributed by atoms with van der Waals surface area (Å²) in [5.41, 5.74) is 4.26. The number of hydrogen-bond donors (Lipinski definition) is 1. The van der Waals surface area contributed by atoms with Crippen LogP contribution >= 0.6 is 0 Å². The Hall–Kier alpha value is -2.95. The lowest BCUT2D eigenvalue weighted by molar-refractivity contribution is 0.102. The first-order valence-electron chi connectivity index (χ1n) is 9.37. The van der Waals surface area contributed by atoms with Crippen LogP contribution in [0.25, 0.3) is 11.0 Å². The molecular formula is C22H25N3O2. The van der Waals surface area contributed by atoms with Gasteiger partial charge in [-0.25, -0.2) is 4.98 Å². The van der Waals surface area contributed by atoms with Gasteiger partial charge in [0.2, 0.25) is 0 Å². The molecule has 0 aliphatic rings. The summed E-state index contributed by atoms with van der Waals surface area (Å²) in [5.74, 6) is 0.308. The number of nitrogens with one attached hydrogen (secondary N) is 1. The molecule has 0 radical (unpaired) electrons. The van der Waals surface area contributed by atoms with Crippen molar-refractivity contribution in [1.82, 2.24) is 9.55 Å². The molecule has 0 spiro atoms. The number of aryl methyl sites for hydroxylation is 2. The zero-order valence-corrected chi connectivity index (χ0v) is 16.2. The molecule has 1 atom stereocenters. The highest BCUT2D eigenvalue weighted by Gasteiger charge is 2.12. The molecule has 5 nitrogen and oxygen atoms in total. The molecule has 1 unspecified atom stereocenters. The lowest BCUT2D eigenvalue weighted by Crippen LogP contribution is -2.23. The molecule has 0 bridgehead atoms. The molecule has 0 saturated heterocycles. The maximum atomic E-state index is 12.6. The Labute approximate surface area is 159 Å². The van der Waals surface area contributed by atoms with Crippen LogP contribution in [0.3, 0.4) is 0 Å². The fourth-order valence-electron chi connectivity index (χ4n) is 3.16. The van der Waals surface area contributed by atoms with Crippen LogP contribution in [0, 0.1) is 6.92 Å². The van der Waals surface area contributed by atoms with E-state index in [9.17, 15) is 9.59 Å². The van der Waals surface area contributed by atoms with Gasteiger partial charge in [-0.3, -0.25) is 9.59 Å². The number of carbonyl (C=O) groups excluding carboxylic acids is 1. The minimum Gasteiger partial charge on any atom is -0.322 e. The van der Waals surface area contributed by atoms with Crippen molar-refractivity contribution in [3.05, 3.63) is 69.6 Å². The number of hydrogen-bond acceptors (Lipinski definition) is 3. The number of carbonyl (C=O) groups is 1. The predicted molar refractivity (Wildman–Crippen MR) is 110 cm³/mol. The van der Waals surface area contributed by atoms with E-state index in [1.165, 1.54) is 5.56 Å². The van der Waals surface area contributed by atoms with E-state index in [1.54, 1.807) is 29.7 Å². The Bertz CT molecular complexity index is 1040. The van der Waals surface area contributed by atoms with Crippen LogP contribution in [0.2, 0.25) is 0 Å². The first-order chi connectivity index (χ1) is 12.9. The number of fused-ring (bicyclic) bond motifs is 1. The van der Waals surface area contributed by atoms with Crippen LogP contribution in [0.1, 0.15) is 54.7 Å². The molecule has 5 heteroatoms. The molecular weight excluding hydrogens is 338 g/mol. The molecule has 0 saturated carbocycles. The topological polar surface area (TPSA) is 64.0 Å². The van der Waals surface area contributed by atoms with Gasteiger partial charge in [0.15, 0.2) is 0 Å². The van der Waals surface area contributed by atoms with Gasteiger partial charge >= 0.3 is 0 Å². The summed E-state index contributed by atoms with van der Waals surface area (Å²) in [5, 5.41) is 2.93. The first-order valence-corrected chi connectivity index (χ1v) is 9.37. The second-order valence-electron chi connectivity index (χ2n) is 6.84. The molecule has 3 rings (SSSR count). The van der Waals surface area contributed by atoms with Gasteiger partial charge in [0, 0.05) is 17.8 Å². The summed E-state index contributed by atoms with van der Waals surface area (Å²) in [6, 6.07) is 13.2. The normalized spacial score (nSPS) is 12.1. The highest BCUT2D eigenvalue weighted by molar-refractivity contribution is 6.05. The third kappa shape index (κ3) is 3.77. The lowest BCUT2D eigenvalue weighted by atomic mass is 9.98. The van der Waals surface area contributed by atoms with Crippen molar-refractivity contribution in [2.24, 2.45) is 0 Å². The highest BCUT2D eigenvalue weighted by Crippen LogP contribution is 2.21. The van der Waals surface area contributed by atoms with E-state index >= 15 is 0 Å². The number of benzene rings is 2. The van der Waals surface area contributed by atoms with Crippen molar-refractivity contribution in [2.75, 3.05) is 5.32 Å². The van der Waals surface area contributed by atoms with E-state index in [0.717, 1.165) is 17.6 Å². The van der Waals surface area contributed by atoms with Crippen molar-refractivity contribution in [2.45, 2.75) is 46.6 Å². The second-order valence-corrected chi connectivity index (χ2v) is 6.84. The van der Waals surface area contributed by atoms with Gasteiger partial charge in [0.05, 0.1) is 11.0 Å². The average molecular weight is 363 g/mol. The Balaban J connectivity index is 1.88. The summed E-state index contributed by atoms with van der Waals surface area (Å²) in [6.45, 7) is 8.53. The van der Waals surface area contributed by atoms with Gasteiger partial charge in [-0.15, -0.1) is 0 Å². The third-order valence-electron chi connectivity index (χ3n) is 5.04. The molecule has 0 fully saturated rings. The van der Waals surface area contributed by atoms with Gasteiger partial charge in [0.1, 0.15) is 5.69 Å². The van der Waals surface area contributed by atoms with E-state index in [2.05, 4.69) is 36.3 Å². The number of anilines is 1. The summed E-state index contributed by atoms with van der Waals surface area (Å²) in [7, 11) is 0. The van der Waals surface area contributed by atoms with E-state index < -0.39 is 0 Å². The van der Waals surface area contributed by atoms with Crippen LogP contribution in [0.15, 0.2) is 47.3 Å². The Morgan fingerprint density at radius 2 is 1.85 bits per heavy atom. The Morgan fingerprint density at radius 1 is 1.15 bits per heavy atom. The van der Waals surface area contributed by atoms with Crippen LogP contribution in [0.4, 0.5) is 5.69 Å². The molecule has 3 aromatic rings. The van der Waals surface area contributed by atoms with Crippen molar-refractivity contribution in [3.8, 4) is 0 Å². The van der Waals surface area contributed by atoms with Gasteiger partial charge < -0.3 is 9.88 Å². The zero-order valence-electron chi connectivity index (χ0n) is 16.2. The standard InChI is InChI=1S/C22H25N3O2/c1-5-14(3)16-7-10-18(11-8-16)24-21(26)17-9-12-20-19(13-17)23-15(4)22(27)25(20)6-2/h7-14H,5-6H2,1-4H3,(H,24,26). The summed E-state index contributed by atoms with van der Waals surface area (Å²) in [6.07, 6.45) is 1.08. The molecule has 1 heterocycles. The summed E-state index contributed by atoms with van der Waals surface area (Å²) >= 11 is 0. The fourth-order valence-corrected chi connectivity index (χ4v) is 3.16. The van der Waals surface area contributed by atoms with Crippen molar-refractivity contribution in [1.29, 1.82) is 0 Å². The van der Waals surface area contributed by atoms with Crippen molar-refractivity contribution < 1.29 is 4.79 Å². The van der Waals surface area contributed by atoms with E-state index in [1.807, 2.05) is 19.1 Å². The Morgan fingerprint density at radius 3 is 2.48 bits per heavy atom. The van der Waals surface area contributed by atoms with Crippen molar-refractivity contribution >= 4 is 22.6 Å². The molecule has 0 aliphatic carbocycles. The maximum Gasteiger partial charge on any atom is 0.272 e. The fraction of sp³-hybridized carbons (Fsp3) is 0.318. The molecule has 1 amide bonds. The molecule has 2 aromatic carbocycles. The van der Waals surface area contributed by atoms with Crippen LogP contribution in [-0.2, 0) is 6.54 Å². The van der Waals surface area contributed by atoms with Gasteiger partial charge in [-0.05, 0) is 62.1 Å². The molecule has 140 valence electrons. The van der Waals surface area contributed by atoms with Gasteiger partial charge in [-0.2, -0.15) is 0 Å². The average Bonchev–Trinajstić information content (AvgIpc) is 2.68. The van der Waals surface area contributed by atoms with Crippen LogP contribution in [-0.4, -0.2) is 15.5 Å². The largest absolute Gasteiger partial charge is 0.322 e. The summed E-state index contributed by atoms with van der Waals surface area (Å²) < 4.78 is 1.67. The SMILES string of the molecule is CCC(C)c1ccc(NC(=O)c2ccc3c(c2)nc(C)c(=O)n3CC)cc1. The van der Waals surface area contributed by atoms with Crippen molar-refractivity contribution in [3.63, 3.8) is 0 Å². The highest BCUT2D eigenvalue weighted by atomic mass is 16.1. The van der Waals surface area contributed by atoms with Gasteiger partial charge in [0.25, 0.3) is 11.5 Å². The van der Waals surface area contributed by atoms with Crippen LogP contribution < -0.4 is 10.9 Å². The number of nitrogens with zero attached hydrogens (tertiary/aromatic N) is 2. The lowest BCUT2D eigenvalue weighted by Gasteiger charge is -2.12. The molecule has 1 N–H and O–H groups in total. The molecule has 0 aliphatic heterocycles.